The molecule has 0 fully saturated rings. The summed E-state index contributed by atoms with van der Waals surface area (Å²) in [5.74, 6) is -0.310. The van der Waals surface area contributed by atoms with Crippen LogP contribution in [-0.4, -0.2) is 33.2 Å². The van der Waals surface area contributed by atoms with Crippen molar-refractivity contribution in [3.05, 3.63) is 66.2 Å². The predicted octanol–water partition coefficient (Wildman–Crippen LogP) is 2.59. The second kappa shape index (κ2) is 8.67. The number of hydrogen-bond donors (Lipinski definition) is 1. The van der Waals surface area contributed by atoms with Crippen molar-refractivity contribution < 1.29 is 13.2 Å². The van der Waals surface area contributed by atoms with Gasteiger partial charge in [0.15, 0.2) is 0 Å². The van der Waals surface area contributed by atoms with Crippen molar-refractivity contribution in [2.75, 3.05) is 17.1 Å². The van der Waals surface area contributed by atoms with Crippen LogP contribution >= 0.6 is 0 Å². The first kappa shape index (κ1) is 19.0. The van der Waals surface area contributed by atoms with Gasteiger partial charge in [-0.3, -0.25) is 9.10 Å². The first-order valence-electron chi connectivity index (χ1n) is 8.22. The van der Waals surface area contributed by atoms with Crippen LogP contribution in [0.25, 0.3) is 0 Å². The predicted molar refractivity (Wildman–Crippen MR) is 101 cm³/mol. The zero-order chi connectivity index (χ0) is 18.3. The molecule has 5 nitrogen and oxygen atoms in total. The SMILES string of the molecule is C[C@H](CCc1ccccc1)NC(=O)CN(c1ccccc1)S(C)(=O)=O. The molecule has 0 heterocycles. The minimum atomic E-state index is -3.53. The second-order valence-corrected chi connectivity index (χ2v) is 8.00. The summed E-state index contributed by atoms with van der Waals surface area (Å²) in [6, 6.07) is 18.6. The summed E-state index contributed by atoms with van der Waals surface area (Å²) in [5, 5.41) is 2.88. The zero-order valence-corrected chi connectivity index (χ0v) is 15.4. The average Bonchev–Trinajstić information content (AvgIpc) is 2.58. The number of anilines is 1. The molecule has 2 aromatic carbocycles. The van der Waals surface area contributed by atoms with Gasteiger partial charge in [0.2, 0.25) is 15.9 Å². The molecule has 0 saturated heterocycles. The summed E-state index contributed by atoms with van der Waals surface area (Å²) < 4.78 is 25.1. The molecule has 0 saturated carbocycles. The first-order valence-corrected chi connectivity index (χ1v) is 10.1. The molecule has 1 atom stereocenters. The molecule has 1 amide bonds. The number of nitrogens with one attached hydrogen (secondary N) is 1. The summed E-state index contributed by atoms with van der Waals surface area (Å²) >= 11 is 0. The Kier molecular flexibility index (Phi) is 6.58. The summed E-state index contributed by atoms with van der Waals surface area (Å²) in [7, 11) is -3.53. The molecular formula is C19H24N2O3S. The molecule has 0 aliphatic rings. The van der Waals surface area contributed by atoms with E-state index in [1.54, 1.807) is 30.3 Å². The molecule has 0 unspecified atom stereocenters. The van der Waals surface area contributed by atoms with Gasteiger partial charge in [0.05, 0.1) is 11.9 Å². The van der Waals surface area contributed by atoms with Crippen LogP contribution in [0.4, 0.5) is 5.69 Å². The summed E-state index contributed by atoms with van der Waals surface area (Å²) in [5.41, 5.74) is 1.70. The Labute approximate surface area is 149 Å². The molecule has 0 spiro atoms. The smallest absolute Gasteiger partial charge is 0.240 e. The van der Waals surface area contributed by atoms with E-state index < -0.39 is 10.0 Å². The van der Waals surface area contributed by atoms with Crippen LogP contribution in [0.3, 0.4) is 0 Å². The van der Waals surface area contributed by atoms with E-state index in [0.29, 0.717) is 5.69 Å². The fourth-order valence-corrected chi connectivity index (χ4v) is 3.40. The Bertz CT molecular complexity index is 777. The van der Waals surface area contributed by atoms with Gasteiger partial charge in [0, 0.05) is 6.04 Å². The Hall–Kier alpha value is -2.34. The number of amides is 1. The highest BCUT2D eigenvalue weighted by Crippen LogP contribution is 2.16. The van der Waals surface area contributed by atoms with Crippen molar-refractivity contribution in [3.8, 4) is 0 Å². The number of hydrogen-bond acceptors (Lipinski definition) is 3. The monoisotopic (exact) mass is 360 g/mol. The lowest BCUT2D eigenvalue weighted by atomic mass is 10.1. The molecule has 0 aliphatic carbocycles. The van der Waals surface area contributed by atoms with Crippen LogP contribution in [0, 0.1) is 0 Å². The highest BCUT2D eigenvalue weighted by molar-refractivity contribution is 7.92. The van der Waals surface area contributed by atoms with Crippen LogP contribution in [-0.2, 0) is 21.2 Å². The van der Waals surface area contributed by atoms with Crippen LogP contribution in [0.5, 0.6) is 0 Å². The molecule has 0 radical (unpaired) electrons. The maximum atomic E-state index is 12.3. The molecule has 0 aromatic heterocycles. The third-order valence-corrected chi connectivity index (χ3v) is 4.99. The minimum absolute atomic E-state index is 0.0371. The third-order valence-electron chi connectivity index (χ3n) is 3.85. The lowest BCUT2D eigenvalue weighted by molar-refractivity contribution is -0.120. The maximum Gasteiger partial charge on any atom is 0.240 e. The van der Waals surface area contributed by atoms with Crippen molar-refractivity contribution in [3.63, 3.8) is 0 Å². The lowest BCUT2D eigenvalue weighted by Gasteiger charge is -2.23. The molecule has 0 bridgehead atoms. The van der Waals surface area contributed by atoms with E-state index in [2.05, 4.69) is 17.4 Å². The number of para-hydroxylation sites is 1. The molecular weight excluding hydrogens is 336 g/mol. The average molecular weight is 360 g/mol. The quantitative estimate of drug-likeness (QED) is 0.787. The fraction of sp³-hybridized carbons (Fsp3) is 0.316. The number of nitrogens with zero attached hydrogens (tertiary/aromatic N) is 1. The Balaban J connectivity index is 1.92. The maximum absolute atomic E-state index is 12.3. The van der Waals surface area contributed by atoms with Crippen molar-refractivity contribution in [1.29, 1.82) is 0 Å². The summed E-state index contributed by atoms with van der Waals surface area (Å²) in [4.78, 5) is 12.3. The van der Waals surface area contributed by atoms with Gasteiger partial charge in [-0.15, -0.1) is 0 Å². The normalized spacial score (nSPS) is 12.4. The van der Waals surface area contributed by atoms with E-state index in [1.165, 1.54) is 5.56 Å². The van der Waals surface area contributed by atoms with E-state index in [0.717, 1.165) is 23.4 Å². The minimum Gasteiger partial charge on any atom is -0.352 e. The first-order chi connectivity index (χ1) is 11.9. The number of aryl methyl sites for hydroxylation is 1. The van der Waals surface area contributed by atoms with Crippen LogP contribution in [0.15, 0.2) is 60.7 Å². The van der Waals surface area contributed by atoms with Gasteiger partial charge in [0.1, 0.15) is 6.54 Å². The topological polar surface area (TPSA) is 66.5 Å². The van der Waals surface area contributed by atoms with E-state index in [9.17, 15) is 13.2 Å². The zero-order valence-electron chi connectivity index (χ0n) is 14.6. The third kappa shape index (κ3) is 6.23. The Morgan fingerprint density at radius 1 is 1.04 bits per heavy atom. The molecule has 25 heavy (non-hydrogen) atoms. The number of rotatable bonds is 8. The van der Waals surface area contributed by atoms with Gasteiger partial charge in [-0.25, -0.2) is 8.42 Å². The Morgan fingerprint density at radius 2 is 1.60 bits per heavy atom. The number of carbonyl (C=O) groups is 1. The van der Waals surface area contributed by atoms with E-state index >= 15 is 0 Å². The van der Waals surface area contributed by atoms with Crippen molar-refractivity contribution >= 4 is 21.6 Å². The molecule has 1 N–H and O–H groups in total. The van der Waals surface area contributed by atoms with Gasteiger partial charge in [-0.1, -0.05) is 48.5 Å². The van der Waals surface area contributed by atoms with E-state index in [4.69, 9.17) is 0 Å². The van der Waals surface area contributed by atoms with Crippen molar-refractivity contribution in [2.45, 2.75) is 25.8 Å². The van der Waals surface area contributed by atoms with Crippen molar-refractivity contribution in [1.82, 2.24) is 5.32 Å². The molecule has 6 heteroatoms. The van der Waals surface area contributed by atoms with Crippen molar-refractivity contribution in [2.24, 2.45) is 0 Å². The lowest BCUT2D eigenvalue weighted by Crippen LogP contribution is -2.43. The van der Waals surface area contributed by atoms with Gasteiger partial charge in [-0.05, 0) is 37.5 Å². The van der Waals surface area contributed by atoms with Gasteiger partial charge in [-0.2, -0.15) is 0 Å². The van der Waals surface area contributed by atoms with Gasteiger partial charge >= 0.3 is 0 Å². The van der Waals surface area contributed by atoms with E-state index in [-0.39, 0.29) is 18.5 Å². The molecule has 134 valence electrons. The van der Waals surface area contributed by atoms with Crippen LogP contribution in [0.2, 0.25) is 0 Å². The largest absolute Gasteiger partial charge is 0.352 e. The van der Waals surface area contributed by atoms with E-state index in [1.807, 2.05) is 25.1 Å². The summed E-state index contributed by atoms with van der Waals surface area (Å²) in [6.45, 7) is 1.70. The highest BCUT2D eigenvalue weighted by Gasteiger charge is 2.21. The second-order valence-electron chi connectivity index (χ2n) is 6.10. The highest BCUT2D eigenvalue weighted by atomic mass is 32.2. The van der Waals surface area contributed by atoms with Gasteiger partial charge in [0.25, 0.3) is 0 Å². The number of carbonyl (C=O) groups excluding carboxylic acids is 1. The number of benzene rings is 2. The molecule has 2 aromatic rings. The molecule has 2 rings (SSSR count). The van der Waals surface area contributed by atoms with Crippen LogP contribution < -0.4 is 9.62 Å². The summed E-state index contributed by atoms with van der Waals surface area (Å²) in [6.07, 6.45) is 2.75. The number of sulfonamides is 1. The van der Waals surface area contributed by atoms with Crippen LogP contribution in [0.1, 0.15) is 18.9 Å². The molecule has 0 aliphatic heterocycles. The van der Waals surface area contributed by atoms with Gasteiger partial charge < -0.3 is 5.32 Å². The standard InChI is InChI=1S/C19H24N2O3S/c1-16(13-14-17-9-5-3-6-10-17)20-19(22)15-21(25(2,23)24)18-11-7-4-8-12-18/h3-12,16H,13-15H2,1-2H3,(H,20,22)/t16-/m1/s1. The fourth-order valence-electron chi connectivity index (χ4n) is 2.55. The Morgan fingerprint density at radius 3 is 2.16 bits per heavy atom.